The number of carbonyl (C=O) groups excluding carboxylic acids is 1. The Morgan fingerprint density at radius 1 is 1.52 bits per heavy atom. The van der Waals surface area contributed by atoms with E-state index in [0.29, 0.717) is 5.69 Å². The minimum Gasteiger partial charge on any atom is -0.465 e. The minimum absolute atomic E-state index is 0.0830. The van der Waals surface area contributed by atoms with Gasteiger partial charge in [-0.25, -0.2) is 18.3 Å². The molecule has 1 aliphatic carbocycles. The van der Waals surface area contributed by atoms with Crippen molar-refractivity contribution in [3.8, 4) is 5.69 Å². The molecule has 21 heavy (non-hydrogen) atoms. The maximum absolute atomic E-state index is 13.5. The number of rotatable bonds is 3. The molecule has 3 rings (SSSR count). The number of ether oxygens (including phenoxy) is 1. The first-order chi connectivity index (χ1) is 9.94. The molecule has 1 aromatic carbocycles. The van der Waals surface area contributed by atoms with Gasteiger partial charge < -0.3 is 4.74 Å². The van der Waals surface area contributed by atoms with Gasteiger partial charge >= 0.3 is 5.97 Å². The second-order valence-electron chi connectivity index (χ2n) is 4.84. The molecule has 2 aromatic rings. The highest BCUT2D eigenvalue weighted by molar-refractivity contribution is 9.10. The number of alkyl halides is 2. The van der Waals surface area contributed by atoms with E-state index >= 15 is 0 Å². The second-order valence-corrected chi connectivity index (χ2v) is 5.76. The number of benzene rings is 1. The van der Waals surface area contributed by atoms with Crippen molar-refractivity contribution in [2.45, 2.75) is 18.3 Å². The predicted molar refractivity (Wildman–Crippen MR) is 74.9 cm³/mol. The Morgan fingerprint density at radius 2 is 2.24 bits per heavy atom. The first-order valence-corrected chi connectivity index (χ1v) is 7.03. The number of nitrogens with zero attached hydrogens (tertiary/aromatic N) is 2. The van der Waals surface area contributed by atoms with Crippen molar-refractivity contribution >= 4 is 21.9 Å². The third kappa shape index (κ3) is 2.46. The summed E-state index contributed by atoms with van der Waals surface area (Å²) >= 11 is 3.33. The van der Waals surface area contributed by atoms with Crippen LogP contribution in [0.1, 0.15) is 28.4 Å². The van der Waals surface area contributed by atoms with Crippen LogP contribution in [0.4, 0.5) is 8.78 Å². The maximum atomic E-state index is 13.5. The predicted octanol–water partition coefficient (Wildman–Crippen LogP) is 3.54. The number of hydrogen-bond donors (Lipinski definition) is 0. The van der Waals surface area contributed by atoms with Gasteiger partial charge in [-0.3, -0.25) is 0 Å². The lowest BCUT2D eigenvalue weighted by molar-refractivity contribution is 0.0598. The Kier molecular flexibility index (Phi) is 3.32. The van der Waals surface area contributed by atoms with Gasteiger partial charge in [-0.2, -0.15) is 5.10 Å². The standard InChI is InChI=1S/C14H11BrF2N2O2/c1-21-13(20)10-7-18-19(9-4-2-3-8(15)5-9)12(10)11-6-14(11,16)17/h2-5,7,11H,6H2,1H3. The molecule has 4 nitrogen and oxygen atoms in total. The Morgan fingerprint density at radius 3 is 2.81 bits per heavy atom. The summed E-state index contributed by atoms with van der Waals surface area (Å²) in [6, 6.07) is 7.08. The van der Waals surface area contributed by atoms with Gasteiger partial charge in [0, 0.05) is 10.9 Å². The monoisotopic (exact) mass is 356 g/mol. The topological polar surface area (TPSA) is 44.1 Å². The van der Waals surface area contributed by atoms with Crippen LogP contribution < -0.4 is 0 Å². The number of esters is 1. The summed E-state index contributed by atoms with van der Waals surface area (Å²) in [4.78, 5) is 11.8. The lowest BCUT2D eigenvalue weighted by atomic mass is 10.1. The van der Waals surface area contributed by atoms with Crippen LogP contribution >= 0.6 is 15.9 Å². The van der Waals surface area contributed by atoms with Gasteiger partial charge in [-0.15, -0.1) is 0 Å². The van der Waals surface area contributed by atoms with E-state index in [1.807, 2.05) is 6.07 Å². The number of methoxy groups -OCH3 is 1. The third-order valence-electron chi connectivity index (χ3n) is 3.42. The third-order valence-corrected chi connectivity index (χ3v) is 3.91. The van der Waals surface area contributed by atoms with Crippen molar-refractivity contribution in [3.05, 3.63) is 46.2 Å². The normalized spacial score (nSPS) is 19.3. The fourth-order valence-electron chi connectivity index (χ4n) is 2.28. The van der Waals surface area contributed by atoms with E-state index in [2.05, 4.69) is 25.8 Å². The Labute approximate surface area is 127 Å². The average molecular weight is 357 g/mol. The van der Waals surface area contributed by atoms with Gasteiger partial charge in [0.25, 0.3) is 5.92 Å². The van der Waals surface area contributed by atoms with Gasteiger partial charge in [-0.1, -0.05) is 22.0 Å². The molecule has 0 bridgehead atoms. The van der Waals surface area contributed by atoms with Crippen LogP contribution in [0.2, 0.25) is 0 Å². The highest BCUT2D eigenvalue weighted by Gasteiger charge is 2.60. The van der Waals surface area contributed by atoms with E-state index in [-0.39, 0.29) is 17.7 Å². The van der Waals surface area contributed by atoms with E-state index in [0.717, 1.165) is 4.47 Å². The van der Waals surface area contributed by atoms with Crippen LogP contribution in [0.3, 0.4) is 0 Å². The van der Waals surface area contributed by atoms with Crippen LogP contribution in [0.15, 0.2) is 34.9 Å². The van der Waals surface area contributed by atoms with Crippen LogP contribution in [-0.2, 0) is 4.74 Å². The van der Waals surface area contributed by atoms with Crippen LogP contribution in [0.5, 0.6) is 0 Å². The molecule has 1 aliphatic rings. The lowest BCUT2D eigenvalue weighted by Crippen LogP contribution is -2.10. The number of hydrogen-bond acceptors (Lipinski definition) is 3. The number of aromatic nitrogens is 2. The first kappa shape index (κ1) is 14.2. The van der Waals surface area contributed by atoms with Crippen molar-refractivity contribution in [1.82, 2.24) is 9.78 Å². The summed E-state index contributed by atoms with van der Waals surface area (Å²) in [5.41, 5.74) is 0.891. The fourth-order valence-corrected chi connectivity index (χ4v) is 2.67. The molecule has 0 amide bonds. The van der Waals surface area contributed by atoms with Gasteiger partial charge in [0.1, 0.15) is 5.56 Å². The largest absolute Gasteiger partial charge is 0.465 e. The molecule has 0 radical (unpaired) electrons. The summed E-state index contributed by atoms with van der Waals surface area (Å²) in [5, 5.41) is 4.09. The summed E-state index contributed by atoms with van der Waals surface area (Å²) in [7, 11) is 1.22. The highest BCUT2D eigenvalue weighted by atomic mass is 79.9. The van der Waals surface area contributed by atoms with Crippen LogP contribution in [-0.4, -0.2) is 28.8 Å². The molecule has 1 aromatic heterocycles. The SMILES string of the molecule is COC(=O)c1cnn(-c2cccc(Br)c2)c1C1CC1(F)F. The van der Waals surface area contributed by atoms with Crippen LogP contribution in [0, 0.1) is 0 Å². The van der Waals surface area contributed by atoms with Crippen molar-refractivity contribution < 1.29 is 18.3 Å². The van der Waals surface area contributed by atoms with E-state index in [9.17, 15) is 13.6 Å². The van der Waals surface area contributed by atoms with Gasteiger partial charge in [0.15, 0.2) is 0 Å². The molecule has 0 saturated heterocycles. The fraction of sp³-hybridized carbons (Fsp3) is 0.286. The van der Waals surface area contributed by atoms with Gasteiger partial charge in [0.05, 0.1) is 30.6 Å². The van der Waals surface area contributed by atoms with Gasteiger partial charge in [-0.05, 0) is 18.2 Å². The van der Waals surface area contributed by atoms with E-state index in [1.54, 1.807) is 18.2 Å². The molecule has 0 spiro atoms. The quantitative estimate of drug-likeness (QED) is 0.790. The Bertz CT molecular complexity index is 715. The summed E-state index contributed by atoms with van der Waals surface area (Å²) in [5.74, 6) is -4.46. The molecular formula is C14H11BrF2N2O2. The van der Waals surface area contributed by atoms with E-state index < -0.39 is 17.8 Å². The molecule has 1 fully saturated rings. The van der Waals surface area contributed by atoms with Gasteiger partial charge in [0.2, 0.25) is 0 Å². The zero-order chi connectivity index (χ0) is 15.2. The summed E-state index contributed by atoms with van der Waals surface area (Å²) < 4.78 is 33.8. The van der Waals surface area contributed by atoms with Crippen molar-refractivity contribution in [1.29, 1.82) is 0 Å². The van der Waals surface area contributed by atoms with Crippen molar-refractivity contribution in [2.75, 3.05) is 7.11 Å². The molecule has 7 heteroatoms. The summed E-state index contributed by atoms with van der Waals surface area (Å²) in [6.45, 7) is 0. The second kappa shape index (κ2) is 4.91. The molecule has 1 heterocycles. The zero-order valence-corrected chi connectivity index (χ0v) is 12.6. The number of carbonyl (C=O) groups is 1. The van der Waals surface area contributed by atoms with E-state index in [1.165, 1.54) is 18.0 Å². The first-order valence-electron chi connectivity index (χ1n) is 6.24. The maximum Gasteiger partial charge on any atom is 0.341 e. The molecule has 1 atom stereocenters. The van der Waals surface area contributed by atoms with E-state index in [4.69, 9.17) is 0 Å². The molecule has 1 saturated carbocycles. The molecule has 110 valence electrons. The Hall–Kier alpha value is -1.76. The highest BCUT2D eigenvalue weighted by Crippen LogP contribution is 2.56. The molecule has 0 N–H and O–H groups in total. The molecule has 0 aliphatic heterocycles. The average Bonchev–Trinajstić information content (AvgIpc) is 2.88. The Balaban J connectivity index is 2.13. The molecular weight excluding hydrogens is 346 g/mol. The minimum atomic E-state index is -2.80. The smallest absolute Gasteiger partial charge is 0.341 e. The van der Waals surface area contributed by atoms with Crippen molar-refractivity contribution in [3.63, 3.8) is 0 Å². The number of halogens is 3. The summed E-state index contributed by atoms with van der Waals surface area (Å²) in [6.07, 6.45) is 0.993. The molecule has 1 unspecified atom stereocenters. The van der Waals surface area contributed by atoms with Crippen molar-refractivity contribution in [2.24, 2.45) is 0 Å². The van der Waals surface area contributed by atoms with Crippen LogP contribution in [0.25, 0.3) is 5.69 Å². The zero-order valence-electron chi connectivity index (χ0n) is 11.0. The lowest BCUT2D eigenvalue weighted by Gasteiger charge is -2.09.